The number of benzene rings is 1. The summed E-state index contributed by atoms with van der Waals surface area (Å²) in [4.78, 5) is 9.43. The Morgan fingerprint density at radius 1 is 1.24 bits per heavy atom. The fourth-order valence-electron chi connectivity index (χ4n) is 2.77. The highest BCUT2D eigenvalue weighted by Crippen LogP contribution is 2.38. The van der Waals surface area contributed by atoms with Crippen molar-refractivity contribution in [2.24, 2.45) is 0 Å². The van der Waals surface area contributed by atoms with Crippen LogP contribution in [0.25, 0.3) is 10.9 Å². The predicted octanol–water partition coefficient (Wildman–Crippen LogP) is 4.06. The Balaban J connectivity index is 2.11. The van der Waals surface area contributed by atoms with Crippen LogP contribution in [0.15, 0.2) is 41.4 Å². The van der Waals surface area contributed by atoms with Crippen molar-refractivity contribution in [2.75, 3.05) is 19.0 Å². The molecule has 1 aromatic heterocycles. The molecule has 0 saturated heterocycles. The van der Waals surface area contributed by atoms with Crippen molar-refractivity contribution in [3.05, 3.63) is 47.1 Å². The predicted molar refractivity (Wildman–Crippen MR) is 92.4 cm³/mol. The Hall–Kier alpha value is -1.52. The molecule has 0 aliphatic carbocycles. The molecule has 21 heavy (non-hydrogen) atoms. The van der Waals surface area contributed by atoms with E-state index in [9.17, 15) is 0 Å². The third kappa shape index (κ3) is 2.78. The highest BCUT2D eigenvalue weighted by molar-refractivity contribution is 8.03. The van der Waals surface area contributed by atoms with Crippen LogP contribution in [0.4, 0.5) is 5.69 Å². The first-order valence-corrected chi connectivity index (χ1v) is 8.15. The molecule has 0 amide bonds. The number of fused-ring (bicyclic) bond motifs is 1. The molecule has 1 atom stereocenters. The van der Waals surface area contributed by atoms with E-state index in [2.05, 4.69) is 73.5 Å². The van der Waals surface area contributed by atoms with E-state index in [0.717, 1.165) is 17.8 Å². The summed E-state index contributed by atoms with van der Waals surface area (Å²) in [5.41, 5.74) is 4.71. The fraction of sp³-hybridized carbons (Fsp3) is 0.353. The van der Waals surface area contributed by atoms with Crippen LogP contribution in [0.3, 0.4) is 0 Å². The summed E-state index contributed by atoms with van der Waals surface area (Å²) in [6, 6.07) is 10.7. The normalized spacial score (nSPS) is 18.6. The van der Waals surface area contributed by atoms with Crippen LogP contribution in [0.5, 0.6) is 0 Å². The number of allylic oxidation sites excluding steroid dienone is 1. The van der Waals surface area contributed by atoms with Crippen molar-refractivity contribution in [1.29, 1.82) is 0 Å². The summed E-state index contributed by atoms with van der Waals surface area (Å²) >= 11 is 1.86. The van der Waals surface area contributed by atoms with E-state index in [1.807, 2.05) is 11.8 Å². The second kappa shape index (κ2) is 5.70. The van der Waals surface area contributed by atoms with Crippen molar-refractivity contribution >= 4 is 28.4 Å². The monoisotopic (exact) mass is 299 g/mol. The number of para-hydroxylation sites is 1. The van der Waals surface area contributed by atoms with Crippen LogP contribution in [0.1, 0.15) is 19.5 Å². The smallest absolute Gasteiger partial charge is 0.0942 e. The Morgan fingerprint density at radius 2 is 2.05 bits per heavy atom. The molecule has 1 aliphatic rings. The van der Waals surface area contributed by atoms with E-state index >= 15 is 0 Å². The molecule has 0 N–H and O–H groups in total. The molecular weight excluding hydrogens is 278 g/mol. The molecular formula is C17H21N3S. The summed E-state index contributed by atoms with van der Waals surface area (Å²) in [5, 5.41) is 3.86. The van der Waals surface area contributed by atoms with Crippen molar-refractivity contribution in [2.45, 2.75) is 25.8 Å². The summed E-state index contributed by atoms with van der Waals surface area (Å²) in [6.45, 7) is 5.27. The molecule has 3 rings (SSSR count). The summed E-state index contributed by atoms with van der Waals surface area (Å²) in [7, 11) is 4.15. The molecule has 0 radical (unpaired) electrons. The van der Waals surface area contributed by atoms with Gasteiger partial charge in [0.15, 0.2) is 0 Å². The SMILES string of the molecule is CC1=CSC(C)N1c1cccc2ccc(CN(C)C)nc12. The largest absolute Gasteiger partial charge is 0.331 e. The first-order chi connectivity index (χ1) is 10.1. The quantitative estimate of drug-likeness (QED) is 0.851. The molecule has 110 valence electrons. The maximum atomic E-state index is 4.91. The van der Waals surface area contributed by atoms with Gasteiger partial charge in [-0.15, -0.1) is 11.8 Å². The maximum absolute atomic E-state index is 4.91. The lowest BCUT2D eigenvalue weighted by Gasteiger charge is -2.26. The summed E-state index contributed by atoms with van der Waals surface area (Å²) < 4.78 is 0. The zero-order valence-electron chi connectivity index (χ0n) is 13.0. The first kappa shape index (κ1) is 14.4. The molecule has 1 aliphatic heterocycles. The maximum Gasteiger partial charge on any atom is 0.0942 e. The second-order valence-electron chi connectivity index (χ2n) is 5.75. The molecule has 1 aromatic carbocycles. The standard InChI is InChI=1S/C17H21N3S/c1-12-11-21-13(2)20(12)16-7-5-6-14-8-9-15(10-19(3)4)18-17(14)16/h5-9,11,13H,10H2,1-4H3. The number of thioether (sulfide) groups is 1. The van der Waals surface area contributed by atoms with Gasteiger partial charge in [0.05, 0.1) is 22.3 Å². The number of aromatic nitrogens is 1. The first-order valence-electron chi connectivity index (χ1n) is 7.21. The number of hydrogen-bond donors (Lipinski definition) is 0. The molecule has 0 spiro atoms. The molecule has 0 bridgehead atoms. The molecule has 1 unspecified atom stereocenters. The minimum absolute atomic E-state index is 0.426. The molecule has 2 heterocycles. The molecule has 2 aromatic rings. The number of rotatable bonds is 3. The lowest BCUT2D eigenvalue weighted by molar-refractivity contribution is 0.397. The number of anilines is 1. The van der Waals surface area contributed by atoms with Crippen LogP contribution in [-0.2, 0) is 6.54 Å². The molecule has 4 heteroatoms. The topological polar surface area (TPSA) is 19.4 Å². The van der Waals surface area contributed by atoms with Gasteiger partial charge in [-0.2, -0.15) is 0 Å². The van der Waals surface area contributed by atoms with Gasteiger partial charge in [0.2, 0.25) is 0 Å². The number of pyridine rings is 1. The van der Waals surface area contributed by atoms with Crippen LogP contribution in [-0.4, -0.2) is 29.4 Å². The highest BCUT2D eigenvalue weighted by Gasteiger charge is 2.23. The molecule has 3 nitrogen and oxygen atoms in total. The van der Waals surface area contributed by atoms with Gasteiger partial charge in [-0.1, -0.05) is 18.2 Å². The lowest BCUT2D eigenvalue weighted by atomic mass is 10.1. The van der Waals surface area contributed by atoms with Crippen LogP contribution in [0.2, 0.25) is 0 Å². The summed E-state index contributed by atoms with van der Waals surface area (Å²) in [6.07, 6.45) is 0. The highest BCUT2D eigenvalue weighted by atomic mass is 32.2. The van der Waals surface area contributed by atoms with E-state index in [0.29, 0.717) is 5.37 Å². The average molecular weight is 299 g/mol. The van der Waals surface area contributed by atoms with Gasteiger partial charge < -0.3 is 9.80 Å². The second-order valence-corrected chi connectivity index (χ2v) is 6.94. The van der Waals surface area contributed by atoms with Crippen LogP contribution < -0.4 is 4.90 Å². The Morgan fingerprint density at radius 3 is 2.71 bits per heavy atom. The molecule has 0 fully saturated rings. The Labute approximate surface area is 130 Å². The van der Waals surface area contributed by atoms with E-state index in [1.54, 1.807) is 0 Å². The van der Waals surface area contributed by atoms with E-state index in [1.165, 1.54) is 16.8 Å². The Kier molecular flexibility index (Phi) is 3.91. The zero-order valence-corrected chi connectivity index (χ0v) is 13.8. The fourth-order valence-corrected chi connectivity index (χ4v) is 3.67. The van der Waals surface area contributed by atoms with E-state index in [-0.39, 0.29) is 0 Å². The average Bonchev–Trinajstić information content (AvgIpc) is 2.77. The third-order valence-electron chi connectivity index (χ3n) is 3.67. The van der Waals surface area contributed by atoms with Crippen LogP contribution >= 0.6 is 11.8 Å². The van der Waals surface area contributed by atoms with E-state index < -0.39 is 0 Å². The Bertz CT molecular complexity index is 693. The zero-order chi connectivity index (χ0) is 15.0. The number of hydrogen-bond acceptors (Lipinski definition) is 4. The van der Waals surface area contributed by atoms with Gasteiger partial charge in [-0.05, 0) is 45.5 Å². The van der Waals surface area contributed by atoms with Gasteiger partial charge in [0, 0.05) is 17.6 Å². The minimum Gasteiger partial charge on any atom is -0.331 e. The van der Waals surface area contributed by atoms with Gasteiger partial charge in [-0.3, -0.25) is 0 Å². The number of nitrogens with zero attached hydrogens (tertiary/aromatic N) is 3. The van der Waals surface area contributed by atoms with Crippen molar-refractivity contribution in [3.63, 3.8) is 0 Å². The van der Waals surface area contributed by atoms with Gasteiger partial charge in [0.1, 0.15) is 0 Å². The van der Waals surface area contributed by atoms with Crippen molar-refractivity contribution in [1.82, 2.24) is 9.88 Å². The van der Waals surface area contributed by atoms with Crippen molar-refractivity contribution < 1.29 is 0 Å². The van der Waals surface area contributed by atoms with Gasteiger partial charge >= 0.3 is 0 Å². The van der Waals surface area contributed by atoms with Crippen LogP contribution in [0, 0.1) is 0 Å². The van der Waals surface area contributed by atoms with Crippen molar-refractivity contribution in [3.8, 4) is 0 Å². The lowest BCUT2D eigenvalue weighted by Crippen LogP contribution is -2.24. The molecule has 0 saturated carbocycles. The van der Waals surface area contributed by atoms with Gasteiger partial charge in [0.25, 0.3) is 0 Å². The minimum atomic E-state index is 0.426. The van der Waals surface area contributed by atoms with Gasteiger partial charge in [-0.25, -0.2) is 4.98 Å². The summed E-state index contributed by atoms with van der Waals surface area (Å²) in [5.74, 6) is 0. The van der Waals surface area contributed by atoms with E-state index in [4.69, 9.17) is 4.98 Å². The third-order valence-corrected chi connectivity index (χ3v) is 4.76.